The van der Waals surface area contributed by atoms with Gasteiger partial charge in [0.05, 0.1) is 17.0 Å². The van der Waals surface area contributed by atoms with Crippen molar-refractivity contribution in [2.45, 2.75) is 13.3 Å². The minimum atomic E-state index is -3.71. The second-order valence-corrected chi connectivity index (χ2v) is 5.82. The molecule has 0 aliphatic carbocycles. The fourth-order valence-corrected chi connectivity index (χ4v) is 2.65. The van der Waals surface area contributed by atoms with Gasteiger partial charge in [-0.25, -0.2) is 17.6 Å². The molecular formula is C10H11ClFNO4S. The lowest BCUT2D eigenvalue weighted by Crippen LogP contribution is -2.18. The van der Waals surface area contributed by atoms with Crippen LogP contribution in [0.2, 0.25) is 5.02 Å². The van der Waals surface area contributed by atoms with Crippen LogP contribution < -0.4 is 4.72 Å². The lowest BCUT2D eigenvalue weighted by atomic mass is 10.2. The first-order valence-corrected chi connectivity index (χ1v) is 7.02. The summed E-state index contributed by atoms with van der Waals surface area (Å²) in [6.45, 7) is 1.65. The molecule has 0 atom stereocenters. The molecule has 1 rings (SSSR count). The predicted octanol–water partition coefficient (Wildman–Crippen LogP) is 2.33. The number of hydrogen-bond acceptors (Lipinski definition) is 3. The van der Waals surface area contributed by atoms with Gasteiger partial charge in [-0.3, -0.25) is 4.72 Å². The van der Waals surface area contributed by atoms with E-state index in [2.05, 4.69) is 0 Å². The molecule has 0 saturated heterocycles. The highest BCUT2D eigenvalue weighted by Gasteiger charge is 2.19. The Balaban J connectivity index is 3.22. The molecule has 0 bridgehead atoms. The molecule has 100 valence electrons. The Bertz CT molecular complexity index is 573. The summed E-state index contributed by atoms with van der Waals surface area (Å²) >= 11 is 5.61. The zero-order chi connectivity index (χ0) is 13.9. The average molecular weight is 296 g/mol. The van der Waals surface area contributed by atoms with Crippen molar-refractivity contribution in [1.29, 1.82) is 0 Å². The molecule has 1 aromatic carbocycles. The molecule has 0 heterocycles. The van der Waals surface area contributed by atoms with E-state index in [0.717, 1.165) is 12.1 Å². The molecule has 0 aliphatic heterocycles. The van der Waals surface area contributed by atoms with Gasteiger partial charge in [-0.05, 0) is 18.6 Å². The third-order valence-electron chi connectivity index (χ3n) is 2.01. The summed E-state index contributed by atoms with van der Waals surface area (Å²) in [5, 5.41) is 8.67. The first-order valence-electron chi connectivity index (χ1n) is 4.99. The van der Waals surface area contributed by atoms with Crippen LogP contribution in [-0.2, 0) is 10.0 Å². The number of sulfonamides is 1. The van der Waals surface area contributed by atoms with Gasteiger partial charge in [0.2, 0.25) is 10.0 Å². The first kappa shape index (κ1) is 14.7. The number of benzene rings is 1. The van der Waals surface area contributed by atoms with E-state index in [1.54, 1.807) is 6.92 Å². The highest BCUT2D eigenvalue weighted by molar-refractivity contribution is 7.92. The number of anilines is 1. The Hall–Kier alpha value is -1.34. The number of carboxylic acid groups (broad SMARTS) is 1. The monoisotopic (exact) mass is 295 g/mol. The van der Waals surface area contributed by atoms with Crippen LogP contribution in [-0.4, -0.2) is 25.2 Å². The molecule has 2 N–H and O–H groups in total. The van der Waals surface area contributed by atoms with Gasteiger partial charge in [-0.15, -0.1) is 0 Å². The van der Waals surface area contributed by atoms with Crippen molar-refractivity contribution in [3.63, 3.8) is 0 Å². The molecule has 0 unspecified atom stereocenters. The molecule has 5 nitrogen and oxygen atoms in total. The van der Waals surface area contributed by atoms with E-state index >= 15 is 0 Å². The van der Waals surface area contributed by atoms with Gasteiger partial charge < -0.3 is 5.11 Å². The number of carboxylic acids is 1. The third-order valence-corrected chi connectivity index (χ3v) is 3.70. The first-order chi connectivity index (χ1) is 8.26. The number of rotatable bonds is 5. The summed E-state index contributed by atoms with van der Waals surface area (Å²) in [7, 11) is -3.71. The van der Waals surface area contributed by atoms with Gasteiger partial charge in [0, 0.05) is 5.02 Å². The molecule has 0 fully saturated rings. The summed E-state index contributed by atoms with van der Waals surface area (Å²) in [5.41, 5.74) is -1.15. The normalized spacial score (nSPS) is 11.3. The van der Waals surface area contributed by atoms with E-state index in [4.69, 9.17) is 16.7 Å². The maximum absolute atomic E-state index is 13.7. The van der Waals surface area contributed by atoms with Crippen molar-refractivity contribution >= 4 is 33.3 Å². The summed E-state index contributed by atoms with van der Waals surface area (Å²) in [6, 6.07) is 1.94. The Labute approximate surface area is 109 Å². The van der Waals surface area contributed by atoms with E-state index in [1.165, 1.54) is 0 Å². The highest BCUT2D eigenvalue weighted by atomic mass is 35.5. The fourth-order valence-electron chi connectivity index (χ4n) is 1.31. The maximum Gasteiger partial charge on any atom is 0.338 e. The molecule has 18 heavy (non-hydrogen) atoms. The van der Waals surface area contributed by atoms with E-state index in [0.29, 0.717) is 6.42 Å². The summed E-state index contributed by atoms with van der Waals surface area (Å²) in [5.74, 6) is -2.88. The van der Waals surface area contributed by atoms with Gasteiger partial charge >= 0.3 is 5.97 Å². The van der Waals surface area contributed by atoms with E-state index in [1.807, 2.05) is 4.72 Å². The predicted molar refractivity (Wildman–Crippen MR) is 66.1 cm³/mol. The van der Waals surface area contributed by atoms with E-state index in [9.17, 15) is 17.6 Å². The van der Waals surface area contributed by atoms with Crippen molar-refractivity contribution in [1.82, 2.24) is 0 Å². The van der Waals surface area contributed by atoms with Crippen molar-refractivity contribution < 1.29 is 22.7 Å². The van der Waals surface area contributed by atoms with Crippen molar-refractivity contribution in [2.24, 2.45) is 0 Å². The Morgan fingerprint density at radius 1 is 1.50 bits per heavy atom. The Morgan fingerprint density at radius 3 is 2.61 bits per heavy atom. The lowest BCUT2D eigenvalue weighted by molar-refractivity contribution is 0.0692. The summed E-state index contributed by atoms with van der Waals surface area (Å²) < 4.78 is 38.6. The number of nitrogens with one attached hydrogen (secondary N) is 1. The Kier molecular flexibility index (Phi) is 4.53. The van der Waals surface area contributed by atoms with Crippen LogP contribution in [0.3, 0.4) is 0 Å². The van der Waals surface area contributed by atoms with Crippen LogP contribution in [0.5, 0.6) is 0 Å². The minimum absolute atomic E-state index is 0.0667. The number of hydrogen-bond donors (Lipinski definition) is 2. The largest absolute Gasteiger partial charge is 0.478 e. The molecular weight excluding hydrogens is 285 g/mol. The second-order valence-electron chi connectivity index (χ2n) is 3.54. The van der Waals surface area contributed by atoms with Crippen molar-refractivity contribution in [3.05, 3.63) is 28.5 Å². The molecule has 0 aromatic heterocycles. The number of carbonyl (C=O) groups is 1. The quantitative estimate of drug-likeness (QED) is 0.873. The van der Waals surface area contributed by atoms with Gasteiger partial charge in [-0.2, -0.15) is 0 Å². The molecule has 0 radical (unpaired) electrons. The van der Waals surface area contributed by atoms with Crippen LogP contribution in [0, 0.1) is 5.82 Å². The second kappa shape index (κ2) is 5.53. The number of halogens is 2. The van der Waals surface area contributed by atoms with E-state index in [-0.39, 0.29) is 10.8 Å². The van der Waals surface area contributed by atoms with Crippen LogP contribution in [0.25, 0.3) is 0 Å². The zero-order valence-corrected chi connectivity index (χ0v) is 11.0. The third kappa shape index (κ3) is 3.58. The number of aromatic carboxylic acids is 1. The molecule has 8 heteroatoms. The molecule has 0 spiro atoms. The topological polar surface area (TPSA) is 83.5 Å². The highest BCUT2D eigenvalue weighted by Crippen LogP contribution is 2.25. The Morgan fingerprint density at radius 2 is 2.11 bits per heavy atom. The smallest absolute Gasteiger partial charge is 0.338 e. The minimum Gasteiger partial charge on any atom is -0.478 e. The molecule has 0 amide bonds. The molecule has 0 saturated carbocycles. The van der Waals surface area contributed by atoms with Crippen LogP contribution in [0.15, 0.2) is 12.1 Å². The van der Waals surface area contributed by atoms with Gasteiger partial charge in [0.1, 0.15) is 0 Å². The van der Waals surface area contributed by atoms with Crippen molar-refractivity contribution in [3.8, 4) is 0 Å². The van der Waals surface area contributed by atoms with Crippen LogP contribution in [0.4, 0.5) is 10.1 Å². The zero-order valence-electron chi connectivity index (χ0n) is 9.41. The summed E-state index contributed by atoms with van der Waals surface area (Å²) in [6.07, 6.45) is 0.351. The SMILES string of the molecule is CCCS(=O)(=O)Nc1cc(Cl)cc(C(=O)O)c1F. The van der Waals surface area contributed by atoms with Gasteiger partial charge in [0.25, 0.3) is 0 Å². The van der Waals surface area contributed by atoms with Crippen LogP contribution in [0.1, 0.15) is 23.7 Å². The van der Waals surface area contributed by atoms with Gasteiger partial charge in [-0.1, -0.05) is 18.5 Å². The molecule has 1 aromatic rings. The maximum atomic E-state index is 13.7. The average Bonchev–Trinajstić information content (AvgIpc) is 2.21. The lowest BCUT2D eigenvalue weighted by Gasteiger charge is -2.10. The van der Waals surface area contributed by atoms with E-state index < -0.39 is 33.1 Å². The summed E-state index contributed by atoms with van der Waals surface area (Å²) in [4.78, 5) is 10.7. The molecule has 0 aliphatic rings. The van der Waals surface area contributed by atoms with Gasteiger partial charge in [0.15, 0.2) is 5.82 Å². The standard InChI is InChI=1S/C10H11ClFNO4S/c1-2-3-18(16,17)13-8-5-6(11)4-7(9(8)12)10(14)15/h4-5,13H,2-3H2,1H3,(H,14,15). The van der Waals surface area contributed by atoms with Crippen LogP contribution >= 0.6 is 11.6 Å². The van der Waals surface area contributed by atoms with Crippen molar-refractivity contribution in [2.75, 3.05) is 10.5 Å². The fraction of sp³-hybridized carbons (Fsp3) is 0.300.